The van der Waals surface area contributed by atoms with Gasteiger partial charge < -0.3 is 9.80 Å². The molecule has 1 unspecified atom stereocenters. The lowest BCUT2D eigenvalue weighted by atomic mass is 9.77. The number of rotatable bonds is 8. The second-order valence-corrected chi connectivity index (χ2v) is 23.2. The van der Waals surface area contributed by atoms with Crippen molar-refractivity contribution in [2.75, 3.05) is 9.80 Å². The summed E-state index contributed by atoms with van der Waals surface area (Å²) in [4.78, 5) is 4.95. The molecule has 0 saturated heterocycles. The second-order valence-electron chi connectivity index (χ2n) is 23.2. The summed E-state index contributed by atoms with van der Waals surface area (Å²) >= 11 is 0. The fourth-order valence-electron chi connectivity index (χ4n) is 14.3. The number of nitrogens with zero attached hydrogens (tertiary/aromatic N) is 2. The predicted molar refractivity (Wildman–Crippen MR) is 366 cm³/mol. The fraction of sp³-hybridized carbons (Fsp3) is 0.0361. The zero-order valence-corrected chi connectivity index (χ0v) is 47.0. The molecule has 0 heterocycles. The highest BCUT2D eigenvalue weighted by molar-refractivity contribution is 6.27. The molecule has 0 amide bonds. The van der Waals surface area contributed by atoms with Gasteiger partial charge >= 0.3 is 0 Å². The maximum atomic E-state index is 2.52. The first kappa shape index (κ1) is 48.9. The van der Waals surface area contributed by atoms with Crippen LogP contribution in [0.1, 0.15) is 30.4 Å². The van der Waals surface area contributed by atoms with Gasteiger partial charge in [0.2, 0.25) is 0 Å². The summed E-state index contributed by atoms with van der Waals surface area (Å²) in [6, 6.07) is 109. The third kappa shape index (κ3) is 8.09. The molecule has 1 atom stereocenters. The topological polar surface area (TPSA) is 6.48 Å². The van der Waals surface area contributed by atoms with Gasteiger partial charge in [-0.05, 0) is 228 Å². The first-order chi connectivity index (χ1) is 42.0. The molecule has 0 aromatic heterocycles. The molecule has 0 bridgehead atoms. The quantitative estimate of drug-likeness (QED) is 0.111. The minimum atomic E-state index is 0.277. The number of anilines is 6. The number of benzene rings is 16. The third-order valence-corrected chi connectivity index (χ3v) is 18.3. The summed E-state index contributed by atoms with van der Waals surface area (Å²) < 4.78 is 0. The number of fused-ring (bicyclic) bond motifs is 12. The van der Waals surface area contributed by atoms with E-state index in [0.29, 0.717) is 0 Å². The van der Waals surface area contributed by atoms with E-state index in [4.69, 9.17) is 0 Å². The van der Waals surface area contributed by atoms with Crippen molar-refractivity contribution >= 4 is 137 Å². The Hall–Kier alpha value is -10.8. The van der Waals surface area contributed by atoms with Crippen LogP contribution in [0.15, 0.2) is 297 Å². The standard InChI is InChI=1S/C83H56N2/c1-53-17-16-32-74-71-29-13-11-27-63(71)50-80(81(53)74)83-76-44-42-68(84(64-37-33-54-18-2-6-22-58(54)45-64)65-38-34-55-19-3-7-23-59(55)46-65)51-78(76)82(77-49-62-26-10-12-28-70(62)72-30-14-15-31-73(72)77)75-43-41-69(52-79(75)83)85(66-39-35-56-20-4-8-24-60(56)47-66)67-40-36-57-21-5-9-25-61(57)48-67/h2-16,18-53H,17H2,1H3. The van der Waals surface area contributed by atoms with E-state index in [1.54, 1.807) is 0 Å². The van der Waals surface area contributed by atoms with E-state index in [1.165, 1.54) is 130 Å². The third-order valence-electron chi connectivity index (χ3n) is 18.3. The van der Waals surface area contributed by atoms with Crippen LogP contribution in [0.2, 0.25) is 0 Å². The van der Waals surface area contributed by atoms with Gasteiger partial charge in [0.15, 0.2) is 0 Å². The van der Waals surface area contributed by atoms with Gasteiger partial charge in [0, 0.05) is 34.1 Å². The molecule has 1 aliphatic carbocycles. The number of hydrogen-bond donors (Lipinski definition) is 0. The fourth-order valence-corrected chi connectivity index (χ4v) is 14.3. The summed E-state index contributed by atoms with van der Waals surface area (Å²) in [6.07, 6.45) is 5.75. The number of allylic oxidation sites excluding steroid dienone is 1. The summed E-state index contributed by atoms with van der Waals surface area (Å²) in [7, 11) is 0. The SMILES string of the molecule is CC1CC=Cc2c1c(-c1c3cc(N(c4ccc5ccccc5c4)c4ccc5ccccc5c4)ccc3c(-c3cc4ccccc4c4ccccc34)c3cc(N(c4ccc5ccccc5c4)c4ccc5ccccc5c4)ccc13)cc1ccccc21. The van der Waals surface area contributed by atoms with Crippen molar-refractivity contribution in [1.82, 2.24) is 0 Å². The van der Waals surface area contributed by atoms with Crippen molar-refractivity contribution in [3.05, 3.63) is 308 Å². The van der Waals surface area contributed by atoms with Crippen LogP contribution >= 0.6 is 0 Å². The molecule has 0 fully saturated rings. The van der Waals surface area contributed by atoms with Gasteiger partial charge in [-0.15, -0.1) is 0 Å². The first-order valence-corrected chi connectivity index (χ1v) is 29.8. The van der Waals surface area contributed by atoms with Crippen LogP contribution in [0.4, 0.5) is 34.1 Å². The van der Waals surface area contributed by atoms with Gasteiger partial charge in [-0.2, -0.15) is 0 Å². The van der Waals surface area contributed by atoms with Crippen molar-refractivity contribution < 1.29 is 0 Å². The Balaban J connectivity index is 1.03. The van der Waals surface area contributed by atoms with E-state index in [1.807, 2.05) is 0 Å². The van der Waals surface area contributed by atoms with Gasteiger partial charge in [0.1, 0.15) is 0 Å². The van der Waals surface area contributed by atoms with Gasteiger partial charge in [-0.25, -0.2) is 0 Å². The molecule has 2 heteroatoms. The Labute approximate surface area is 494 Å². The van der Waals surface area contributed by atoms with E-state index in [0.717, 1.165) is 40.5 Å². The Morgan fingerprint density at radius 2 is 0.600 bits per heavy atom. The highest BCUT2D eigenvalue weighted by Crippen LogP contribution is 2.53. The summed E-state index contributed by atoms with van der Waals surface area (Å²) in [5.41, 5.74) is 14.2. The van der Waals surface area contributed by atoms with Crippen molar-refractivity contribution in [3.8, 4) is 22.3 Å². The van der Waals surface area contributed by atoms with Crippen molar-refractivity contribution in [2.24, 2.45) is 0 Å². The average Bonchev–Trinajstić information content (AvgIpc) is 3.66. The molecule has 398 valence electrons. The molecule has 0 N–H and O–H groups in total. The summed E-state index contributed by atoms with van der Waals surface area (Å²) in [6.45, 7) is 2.43. The van der Waals surface area contributed by atoms with Crippen LogP contribution < -0.4 is 9.80 Å². The zero-order chi connectivity index (χ0) is 56.1. The van der Waals surface area contributed by atoms with Gasteiger partial charge in [-0.1, -0.05) is 225 Å². The minimum Gasteiger partial charge on any atom is -0.310 e. The van der Waals surface area contributed by atoms with Crippen LogP contribution in [0, 0.1) is 0 Å². The maximum Gasteiger partial charge on any atom is 0.0468 e. The summed E-state index contributed by atoms with van der Waals surface area (Å²) in [5, 5.41) is 21.9. The maximum absolute atomic E-state index is 2.52. The smallest absolute Gasteiger partial charge is 0.0468 e. The Morgan fingerprint density at radius 1 is 0.259 bits per heavy atom. The molecule has 0 radical (unpaired) electrons. The van der Waals surface area contributed by atoms with Crippen LogP contribution in [0.3, 0.4) is 0 Å². The van der Waals surface area contributed by atoms with E-state index >= 15 is 0 Å². The van der Waals surface area contributed by atoms with Crippen LogP contribution in [0.5, 0.6) is 0 Å². The van der Waals surface area contributed by atoms with Crippen LogP contribution in [-0.4, -0.2) is 0 Å². The lowest BCUT2D eigenvalue weighted by Gasteiger charge is -2.30. The predicted octanol–water partition coefficient (Wildman–Crippen LogP) is 23.9. The highest BCUT2D eigenvalue weighted by Gasteiger charge is 2.28. The monoisotopic (exact) mass is 1080 g/mol. The molecule has 2 nitrogen and oxygen atoms in total. The van der Waals surface area contributed by atoms with Crippen molar-refractivity contribution in [3.63, 3.8) is 0 Å². The molecule has 16 aromatic carbocycles. The van der Waals surface area contributed by atoms with Crippen LogP contribution in [-0.2, 0) is 0 Å². The second kappa shape index (κ2) is 19.7. The molecule has 16 aromatic rings. The molecular weight excluding hydrogens is 1020 g/mol. The van der Waals surface area contributed by atoms with Crippen molar-refractivity contribution in [1.29, 1.82) is 0 Å². The van der Waals surface area contributed by atoms with E-state index in [-0.39, 0.29) is 5.92 Å². The van der Waals surface area contributed by atoms with E-state index < -0.39 is 0 Å². The molecule has 85 heavy (non-hydrogen) atoms. The van der Waals surface area contributed by atoms with E-state index in [9.17, 15) is 0 Å². The van der Waals surface area contributed by atoms with Gasteiger partial charge in [0.25, 0.3) is 0 Å². The van der Waals surface area contributed by atoms with E-state index in [2.05, 4.69) is 320 Å². The Kier molecular flexibility index (Phi) is 11.3. The molecule has 1 aliphatic rings. The Bertz CT molecular complexity index is 5300. The normalized spacial score (nSPS) is 13.3. The van der Waals surface area contributed by atoms with Crippen LogP contribution in [0.25, 0.3) is 125 Å². The zero-order valence-electron chi connectivity index (χ0n) is 47.0. The molecule has 0 aliphatic heterocycles. The molecular formula is C83H56N2. The van der Waals surface area contributed by atoms with Crippen molar-refractivity contribution in [2.45, 2.75) is 19.3 Å². The Morgan fingerprint density at radius 3 is 1.07 bits per heavy atom. The number of hydrogen-bond acceptors (Lipinski definition) is 2. The molecule has 0 saturated carbocycles. The molecule has 17 rings (SSSR count). The van der Waals surface area contributed by atoms with Gasteiger partial charge in [-0.3, -0.25) is 0 Å². The van der Waals surface area contributed by atoms with Gasteiger partial charge in [0.05, 0.1) is 0 Å². The highest BCUT2D eigenvalue weighted by atomic mass is 15.1. The molecule has 0 spiro atoms. The lowest BCUT2D eigenvalue weighted by molar-refractivity contribution is 0.776. The average molecular weight is 1080 g/mol. The summed E-state index contributed by atoms with van der Waals surface area (Å²) in [5.74, 6) is 0.277. The lowest BCUT2D eigenvalue weighted by Crippen LogP contribution is -2.11. The minimum absolute atomic E-state index is 0.277. The first-order valence-electron chi connectivity index (χ1n) is 29.8. The largest absolute Gasteiger partial charge is 0.310 e.